The number of ether oxygens (including phenoxy) is 1. The van der Waals surface area contributed by atoms with Crippen LogP contribution < -0.4 is 4.74 Å². The Morgan fingerprint density at radius 1 is 1.04 bits per heavy atom. The van der Waals surface area contributed by atoms with Crippen LogP contribution in [0.5, 0.6) is 5.75 Å². The van der Waals surface area contributed by atoms with Gasteiger partial charge in [-0.1, -0.05) is 29.8 Å². The summed E-state index contributed by atoms with van der Waals surface area (Å²) in [6.45, 7) is 6.15. The van der Waals surface area contributed by atoms with Crippen molar-refractivity contribution in [1.82, 2.24) is 4.31 Å². The van der Waals surface area contributed by atoms with E-state index in [1.165, 1.54) is 0 Å². The number of aryl methyl sites for hydroxylation is 3. The molecule has 0 aromatic heterocycles. The van der Waals surface area contributed by atoms with Crippen LogP contribution in [0.4, 0.5) is 0 Å². The summed E-state index contributed by atoms with van der Waals surface area (Å²) in [6, 6.07) is 11.6. The van der Waals surface area contributed by atoms with Gasteiger partial charge in [-0.05, 0) is 62.4 Å². The maximum absolute atomic E-state index is 13.4. The number of hydrogen-bond donors (Lipinski definition) is 0. The average Bonchev–Trinajstić information content (AvgIpc) is 3.36. The van der Waals surface area contributed by atoms with Gasteiger partial charge in [-0.25, -0.2) is 8.42 Å². The van der Waals surface area contributed by atoms with Crippen LogP contribution in [0, 0.1) is 20.8 Å². The molecule has 0 unspecified atom stereocenters. The number of methoxy groups -OCH3 is 1. The van der Waals surface area contributed by atoms with Crippen molar-refractivity contribution in [2.24, 2.45) is 0 Å². The molecule has 0 saturated heterocycles. The Morgan fingerprint density at radius 2 is 1.60 bits per heavy atom. The summed E-state index contributed by atoms with van der Waals surface area (Å²) in [6.07, 6.45) is 1.86. The first-order valence-electron chi connectivity index (χ1n) is 8.55. The van der Waals surface area contributed by atoms with Gasteiger partial charge in [-0.15, -0.1) is 0 Å². The van der Waals surface area contributed by atoms with Crippen molar-refractivity contribution in [2.75, 3.05) is 7.11 Å². The molecule has 3 rings (SSSR count). The molecule has 134 valence electrons. The van der Waals surface area contributed by atoms with Gasteiger partial charge >= 0.3 is 0 Å². The fraction of sp³-hybridized carbons (Fsp3) is 0.400. The summed E-state index contributed by atoms with van der Waals surface area (Å²) >= 11 is 0. The van der Waals surface area contributed by atoms with Gasteiger partial charge in [0, 0.05) is 12.6 Å². The molecule has 0 bridgehead atoms. The van der Waals surface area contributed by atoms with Gasteiger partial charge < -0.3 is 4.74 Å². The molecule has 1 saturated carbocycles. The molecule has 0 heterocycles. The van der Waals surface area contributed by atoms with Crippen molar-refractivity contribution in [2.45, 2.75) is 51.1 Å². The third-order valence-electron chi connectivity index (χ3n) is 4.62. The van der Waals surface area contributed by atoms with Gasteiger partial charge in [0.2, 0.25) is 10.0 Å². The van der Waals surface area contributed by atoms with Crippen molar-refractivity contribution >= 4 is 10.0 Å². The zero-order valence-corrected chi connectivity index (χ0v) is 16.1. The lowest BCUT2D eigenvalue weighted by atomic mass is 10.1. The topological polar surface area (TPSA) is 46.6 Å². The molecule has 0 amide bonds. The summed E-state index contributed by atoms with van der Waals surface area (Å²) in [5.74, 6) is 0.773. The number of benzene rings is 2. The fourth-order valence-corrected chi connectivity index (χ4v) is 5.46. The highest BCUT2D eigenvalue weighted by atomic mass is 32.2. The van der Waals surface area contributed by atoms with E-state index in [1.807, 2.05) is 57.2 Å². The quantitative estimate of drug-likeness (QED) is 0.784. The van der Waals surface area contributed by atoms with Crippen LogP contribution >= 0.6 is 0 Å². The molecular weight excluding hydrogens is 334 g/mol. The zero-order valence-electron chi connectivity index (χ0n) is 15.2. The van der Waals surface area contributed by atoms with E-state index in [0.29, 0.717) is 11.4 Å². The summed E-state index contributed by atoms with van der Waals surface area (Å²) in [5.41, 5.74) is 3.69. The lowest BCUT2D eigenvalue weighted by Gasteiger charge is -2.24. The van der Waals surface area contributed by atoms with Gasteiger partial charge in [-0.2, -0.15) is 4.31 Å². The molecule has 0 aliphatic heterocycles. The van der Waals surface area contributed by atoms with E-state index in [2.05, 4.69) is 0 Å². The van der Waals surface area contributed by atoms with E-state index in [9.17, 15) is 8.42 Å². The SMILES string of the molecule is COc1ccc(CN(C2CC2)S(=O)(=O)c2c(C)cc(C)cc2C)cc1. The number of rotatable bonds is 6. The molecular formula is C20H25NO3S. The molecule has 2 aromatic carbocycles. The van der Waals surface area contributed by atoms with E-state index in [4.69, 9.17) is 4.74 Å². The lowest BCUT2D eigenvalue weighted by Crippen LogP contribution is -2.33. The Kier molecular flexibility index (Phi) is 4.89. The fourth-order valence-electron chi connectivity index (χ4n) is 3.37. The van der Waals surface area contributed by atoms with Crippen LogP contribution in [-0.4, -0.2) is 25.9 Å². The molecule has 0 atom stereocenters. The van der Waals surface area contributed by atoms with Gasteiger partial charge in [0.05, 0.1) is 12.0 Å². The van der Waals surface area contributed by atoms with Gasteiger partial charge in [0.1, 0.15) is 5.75 Å². The van der Waals surface area contributed by atoms with E-state index < -0.39 is 10.0 Å². The smallest absolute Gasteiger partial charge is 0.244 e. The van der Waals surface area contributed by atoms with Crippen molar-refractivity contribution in [3.8, 4) is 5.75 Å². The first-order valence-corrected chi connectivity index (χ1v) is 9.99. The molecule has 2 aromatic rings. The van der Waals surface area contributed by atoms with Crippen molar-refractivity contribution in [3.05, 3.63) is 58.7 Å². The van der Waals surface area contributed by atoms with Crippen LogP contribution in [0.15, 0.2) is 41.3 Å². The van der Waals surface area contributed by atoms with Crippen LogP contribution in [0.3, 0.4) is 0 Å². The largest absolute Gasteiger partial charge is 0.497 e. The number of nitrogens with zero attached hydrogens (tertiary/aromatic N) is 1. The standard InChI is InChI=1S/C20H25NO3S/c1-14-11-15(2)20(16(3)12-14)25(22,23)21(18-7-8-18)13-17-5-9-19(24-4)10-6-17/h5-6,9-12,18H,7-8,13H2,1-4H3. The zero-order chi connectivity index (χ0) is 18.2. The Hall–Kier alpha value is -1.85. The molecule has 1 aliphatic rings. The van der Waals surface area contributed by atoms with Crippen LogP contribution in [0.1, 0.15) is 35.1 Å². The number of sulfonamides is 1. The molecule has 5 heteroatoms. The van der Waals surface area contributed by atoms with Gasteiger partial charge in [-0.3, -0.25) is 0 Å². The maximum Gasteiger partial charge on any atom is 0.244 e. The minimum atomic E-state index is -3.53. The molecule has 0 radical (unpaired) electrons. The second-order valence-corrected chi connectivity index (χ2v) is 8.68. The second-order valence-electron chi connectivity index (χ2n) is 6.86. The minimum absolute atomic E-state index is 0.104. The third kappa shape index (κ3) is 3.72. The highest BCUT2D eigenvalue weighted by Gasteiger charge is 2.39. The van der Waals surface area contributed by atoms with Gasteiger partial charge in [0.15, 0.2) is 0 Å². The Morgan fingerprint density at radius 3 is 2.08 bits per heavy atom. The van der Waals surface area contributed by atoms with E-state index in [0.717, 1.165) is 40.8 Å². The average molecular weight is 359 g/mol. The lowest BCUT2D eigenvalue weighted by molar-refractivity contribution is 0.396. The van der Waals surface area contributed by atoms with Crippen molar-refractivity contribution in [1.29, 1.82) is 0 Å². The van der Waals surface area contributed by atoms with Crippen LogP contribution in [-0.2, 0) is 16.6 Å². The first-order chi connectivity index (χ1) is 11.8. The maximum atomic E-state index is 13.4. The highest BCUT2D eigenvalue weighted by Crippen LogP contribution is 2.35. The molecule has 4 nitrogen and oxygen atoms in total. The van der Waals surface area contributed by atoms with Crippen molar-refractivity contribution in [3.63, 3.8) is 0 Å². The minimum Gasteiger partial charge on any atom is -0.497 e. The third-order valence-corrected chi connectivity index (χ3v) is 6.83. The molecule has 1 fully saturated rings. The monoisotopic (exact) mass is 359 g/mol. The summed E-state index contributed by atoms with van der Waals surface area (Å²) in [4.78, 5) is 0.457. The molecule has 0 N–H and O–H groups in total. The first kappa shape index (κ1) is 18.0. The molecule has 25 heavy (non-hydrogen) atoms. The summed E-state index contributed by atoms with van der Waals surface area (Å²) in [7, 11) is -1.90. The normalized spacial score (nSPS) is 14.8. The van der Waals surface area contributed by atoms with Crippen LogP contribution in [0.2, 0.25) is 0 Å². The predicted octanol–water partition coefficient (Wildman–Crippen LogP) is 3.97. The molecule has 1 aliphatic carbocycles. The Bertz CT molecular complexity index is 845. The Labute approximate surface area is 150 Å². The molecule has 0 spiro atoms. The number of hydrogen-bond acceptors (Lipinski definition) is 3. The van der Waals surface area contributed by atoms with E-state index in [-0.39, 0.29) is 6.04 Å². The van der Waals surface area contributed by atoms with E-state index in [1.54, 1.807) is 11.4 Å². The van der Waals surface area contributed by atoms with Crippen molar-refractivity contribution < 1.29 is 13.2 Å². The van der Waals surface area contributed by atoms with Crippen LogP contribution in [0.25, 0.3) is 0 Å². The van der Waals surface area contributed by atoms with E-state index >= 15 is 0 Å². The highest BCUT2D eigenvalue weighted by molar-refractivity contribution is 7.89. The second kappa shape index (κ2) is 6.81. The predicted molar refractivity (Wildman–Crippen MR) is 99.4 cm³/mol. The summed E-state index contributed by atoms with van der Waals surface area (Å²) in [5, 5.41) is 0. The summed E-state index contributed by atoms with van der Waals surface area (Å²) < 4.78 is 33.6. The van der Waals surface area contributed by atoms with Gasteiger partial charge in [0.25, 0.3) is 0 Å². The Balaban J connectivity index is 1.97.